The SMILES string of the molecule is CC(=O)Oc1cccc(C(=O)Nc2ccccc2NC(=O)c2cnccn2)c1. The van der Waals surface area contributed by atoms with E-state index in [1.54, 1.807) is 42.5 Å². The van der Waals surface area contributed by atoms with Gasteiger partial charge in [0.25, 0.3) is 11.8 Å². The van der Waals surface area contributed by atoms with Crippen LogP contribution in [0.15, 0.2) is 67.1 Å². The first kappa shape index (κ1) is 18.7. The maximum Gasteiger partial charge on any atom is 0.308 e. The number of aromatic nitrogens is 2. The first-order valence-corrected chi connectivity index (χ1v) is 8.29. The summed E-state index contributed by atoms with van der Waals surface area (Å²) in [4.78, 5) is 43.7. The second-order valence-corrected chi connectivity index (χ2v) is 5.67. The smallest absolute Gasteiger partial charge is 0.308 e. The molecule has 2 amide bonds. The van der Waals surface area contributed by atoms with Crippen molar-refractivity contribution in [1.82, 2.24) is 9.97 Å². The molecule has 1 heterocycles. The minimum Gasteiger partial charge on any atom is -0.427 e. The molecule has 0 saturated heterocycles. The highest BCUT2D eigenvalue weighted by molar-refractivity contribution is 6.09. The summed E-state index contributed by atoms with van der Waals surface area (Å²) in [7, 11) is 0. The van der Waals surface area contributed by atoms with Crippen molar-refractivity contribution in [2.75, 3.05) is 10.6 Å². The monoisotopic (exact) mass is 376 g/mol. The molecule has 28 heavy (non-hydrogen) atoms. The van der Waals surface area contributed by atoms with E-state index in [0.29, 0.717) is 16.9 Å². The summed E-state index contributed by atoms with van der Waals surface area (Å²) in [5.74, 6) is -1.08. The second-order valence-electron chi connectivity index (χ2n) is 5.67. The minimum atomic E-state index is -0.477. The van der Waals surface area contributed by atoms with Gasteiger partial charge in [0.15, 0.2) is 0 Å². The number of carbonyl (C=O) groups is 3. The van der Waals surface area contributed by atoms with Crippen LogP contribution in [0.2, 0.25) is 0 Å². The second kappa shape index (κ2) is 8.54. The number of benzene rings is 2. The van der Waals surface area contributed by atoms with Crippen LogP contribution in [-0.4, -0.2) is 27.8 Å². The molecule has 0 atom stereocenters. The van der Waals surface area contributed by atoms with Crippen LogP contribution >= 0.6 is 0 Å². The number of esters is 1. The zero-order valence-electron chi connectivity index (χ0n) is 14.9. The highest BCUT2D eigenvalue weighted by Crippen LogP contribution is 2.23. The number of nitrogens with one attached hydrogen (secondary N) is 2. The van der Waals surface area contributed by atoms with Gasteiger partial charge in [0, 0.05) is 24.9 Å². The summed E-state index contributed by atoms with van der Waals surface area (Å²) >= 11 is 0. The van der Waals surface area contributed by atoms with Crippen molar-refractivity contribution in [3.05, 3.63) is 78.4 Å². The molecule has 1 aromatic heterocycles. The number of anilines is 2. The van der Waals surface area contributed by atoms with Gasteiger partial charge in [-0.2, -0.15) is 0 Å². The molecule has 0 bridgehead atoms. The predicted octanol–water partition coefficient (Wildman–Crippen LogP) is 2.91. The molecule has 0 unspecified atom stereocenters. The highest BCUT2D eigenvalue weighted by Gasteiger charge is 2.13. The van der Waals surface area contributed by atoms with Crippen LogP contribution in [0.3, 0.4) is 0 Å². The Morgan fingerprint density at radius 1 is 0.893 bits per heavy atom. The fourth-order valence-corrected chi connectivity index (χ4v) is 2.37. The summed E-state index contributed by atoms with van der Waals surface area (Å²) in [6, 6.07) is 13.0. The van der Waals surface area contributed by atoms with Crippen LogP contribution < -0.4 is 15.4 Å². The van der Waals surface area contributed by atoms with Gasteiger partial charge in [-0.1, -0.05) is 18.2 Å². The zero-order chi connectivity index (χ0) is 19.9. The van der Waals surface area contributed by atoms with Gasteiger partial charge in [-0.05, 0) is 30.3 Å². The summed E-state index contributed by atoms with van der Waals surface area (Å²) in [6.07, 6.45) is 4.23. The van der Waals surface area contributed by atoms with Gasteiger partial charge in [0.05, 0.1) is 17.6 Å². The van der Waals surface area contributed by atoms with E-state index < -0.39 is 17.8 Å². The van der Waals surface area contributed by atoms with Crippen molar-refractivity contribution in [2.24, 2.45) is 0 Å². The van der Waals surface area contributed by atoms with Crippen molar-refractivity contribution in [1.29, 1.82) is 0 Å². The Morgan fingerprint density at radius 3 is 2.25 bits per heavy atom. The average Bonchev–Trinajstić information content (AvgIpc) is 2.70. The van der Waals surface area contributed by atoms with Crippen LogP contribution in [0.4, 0.5) is 11.4 Å². The molecule has 0 aliphatic rings. The van der Waals surface area contributed by atoms with Crippen molar-refractivity contribution < 1.29 is 19.1 Å². The summed E-state index contributed by atoms with van der Waals surface area (Å²) in [5, 5.41) is 5.43. The molecular weight excluding hydrogens is 360 g/mol. The average molecular weight is 376 g/mol. The highest BCUT2D eigenvalue weighted by atomic mass is 16.5. The largest absolute Gasteiger partial charge is 0.427 e. The molecule has 2 aromatic carbocycles. The van der Waals surface area contributed by atoms with E-state index in [0.717, 1.165) is 0 Å². The minimum absolute atomic E-state index is 0.151. The molecule has 0 radical (unpaired) electrons. The molecule has 3 rings (SSSR count). The Hall–Kier alpha value is -4.07. The number of hydrogen-bond donors (Lipinski definition) is 2. The van der Waals surface area contributed by atoms with Crippen molar-refractivity contribution >= 4 is 29.2 Å². The van der Waals surface area contributed by atoms with E-state index in [-0.39, 0.29) is 11.4 Å². The molecule has 8 heteroatoms. The topological polar surface area (TPSA) is 110 Å². The Morgan fingerprint density at radius 2 is 1.61 bits per heavy atom. The van der Waals surface area contributed by atoms with E-state index in [4.69, 9.17) is 4.74 Å². The van der Waals surface area contributed by atoms with E-state index >= 15 is 0 Å². The number of rotatable bonds is 5. The Bertz CT molecular complexity index is 1020. The fraction of sp³-hybridized carbons (Fsp3) is 0.0500. The molecule has 0 spiro atoms. The van der Waals surface area contributed by atoms with Crippen molar-refractivity contribution in [3.8, 4) is 5.75 Å². The lowest BCUT2D eigenvalue weighted by atomic mass is 10.2. The van der Waals surface area contributed by atoms with Gasteiger partial charge >= 0.3 is 5.97 Å². The zero-order valence-corrected chi connectivity index (χ0v) is 14.9. The van der Waals surface area contributed by atoms with Crippen LogP contribution in [0.5, 0.6) is 5.75 Å². The van der Waals surface area contributed by atoms with Gasteiger partial charge in [0.2, 0.25) is 0 Å². The van der Waals surface area contributed by atoms with E-state index in [2.05, 4.69) is 20.6 Å². The van der Waals surface area contributed by atoms with Crippen LogP contribution in [-0.2, 0) is 4.79 Å². The van der Waals surface area contributed by atoms with Gasteiger partial charge in [-0.3, -0.25) is 19.4 Å². The van der Waals surface area contributed by atoms with Crippen molar-refractivity contribution in [2.45, 2.75) is 6.92 Å². The Kier molecular flexibility index (Phi) is 5.71. The lowest BCUT2D eigenvalue weighted by Gasteiger charge is -2.12. The number of nitrogens with zero attached hydrogens (tertiary/aromatic N) is 2. The number of carbonyl (C=O) groups excluding carboxylic acids is 3. The van der Waals surface area contributed by atoms with Gasteiger partial charge in [-0.15, -0.1) is 0 Å². The lowest BCUT2D eigenvalue weighted by molar-refractivity contribution is -0.131. The third-order valence-electron chi connectivity index (χ3n) is 3.58. The third kappa shape index (κ3) is 4.76. The first-order valence-electron chi connectivity index (χ1n) is 8.29. The molecule has 0 fully saturated rings. The third-order valence-corrected chi connectivity index (χ3v) is 3.58. The molecule has 8 nitrogen and oxygen atoms in total. The fourth-order valence-electron chi connectivity index (χ4n) is 2.37. The summed E-state index contributed by atoms with van der Waals surface area (Å²) in [5.41, 5.74) is 1.26. The number of hydrogen-bond acceptors (Lipinski definition) is 6. The van der Waals surface area contributed by atoms with E-state index in [1.165, 1.54) is 31.6 Å². The standard InChI is InChI=1S/C20H16N4O4/c1-13(25)28-15-6-4-5-14(11-15)19(26)23-16-7-2-3-8-17(16)24-20(27)18-12-21-9-10-22-18/h2-12H,1H3,(H,23,26)(H,24,27). The Balaban J connectivity index is 1.77. The lowest BCUT2D eigenvalue weighted by Crippen LogP contribution is -2.17. The molecule has 0 aliphatic carbocycles. The first-order chi connectivity index (χ1) is 13.5. The molecule has 3 aromatic rings. The predicted molar refractivity (Wildman–Crippen MR) is 102 cm³/mol. The molecule has 2 N–H and O–H groups in total. The molecule has 0 aliphatic heterocycles. The van der Waals surface area contributed by atoms with Crippen molar-refractivity contribution in [3.63, 3.8) is 0 Å². The van der Waals surface area contributed by atoms with Gasteiger partial charge < -0.3 is 15.4 Å². The molecule has 0 saturated carbocycles. The number of para-hydroxylation sites is 2. The van der Waals surface area contributed by atoms with E-state index in [9.17, 15) is 14.4 Å². The van der Waals surface area contributed by atoms with Gasteiger partial charge in [-0.25, -0.2) is 4.98 Å². The number of ether oxygens (including phenoxy) is 1. The quantitative estimate of drug-likeness (QED) is 0.523. The van der Waals surface area contributed by atoms with Gasteiger partial charge in [0.1, 0.15) is 11.4 Å². The number of amides is 2. The Labute approximate surface area is 160 Å². The maximum atomic E-state index is 12.6. The normalized spacial score (nSPS) is 10.0. The van der Waals surface area contributed by atoms with Crippen LogP contribution in [0.25, 0.3) is 0 Å². The van der Waals surface area contributed by atoms with Crippen LogP contribution in [0.1, 0.15) is 27.8 Å². The summed E-state index contributed by atoms with van der Waals surface area (Å²) in [6.45, 7) is 1.28. The molecule has 140 valence electrons. The maximum absolute atomic E-state index is 12.6. The summed E-state index contributed by atoms with van der Waals surface area (Å²) < 4.78 is 4.99. The molecular formula is C20H16N4O4. The van der Waals surface area contributed by atoms with Crippen LogP contribution in [0, 0.1) is 0 Å². The van der Waals surface area contributed by atoms with E-state index in [1.807, 2.05) is 0 Å².